The van der Waals surface area contributed by atoms with Gasteiger partial charge in [0.15, 0.2) is 4.77 Å². The molecule has 0 unspecified atom stereocenters. The lowest BCUT2D eigenvalue weighted by Crippen LogP contribution is -2.46. The first-order valence-electron chi connectivity index (χ1n) is 9.93. The van der Waals surface area contributed by atoms with Gasteiger partial charge in [-0.25, -0.2) is 4.68 Å². The Labute approximate surface area is 166 Å². The minimum absolute atomic E-state index is 0.596. The first-order valence-corrected chi connectivity index (χ1v) is 10.3. The van der Waals surface area contributed by atoms with Crippen LogP contribution in [0.2, 0.25) is 0 Å². The molecular formula is C21H29N5S. The van der Waals surface area contributed by atoms with Crippen molar-refractivity contribution in [2.45, 2.75) is 45.4 Å². The van der Waals surface area contributed by atoms with Crippen LogP contribution in [0.15, 0.2) is 36.9 Å². The Morgan fingerprint density at radius 2 is 1.85 bits per heavy atom. The Kier molecular flexibility index (Phi) is 5.57. The summed E-state index contributed by atoms with van der Waals surface area (Å²) in [6.45, 7) is 13.0. The van der Waals surface area contributed by atoms with Crippen LogP contribution < -0.4 is 0 Å². The SMILES string of the molecule is C=CCn1c(C2CC2)nn(CN2CCN(Cc3ccccc3C)CC2)c1=S. The standard InChI is InChI=1S/C21H29N5S/c1-3-10-25-20(18-8-9-18)22-26(21(25)27)16-24-13-11-23(12-14-24)15-19-7-5-4-6-17(19)2/h3-7,18H,1,8-16H2,2H3. The summed E-state index contributed by atoms with van der Waals surface area (Å²) in [5.41, 5.74) is 2.82. The number of aromatic nitrogens is 3. The Bertz CT molecular complexity index is 856. The first-order chi connectivity index (χ1) is 13.2. The van der Waals surface area contributed by atoms with Crippen molar-refractivity contribution < 1.29 is 0 Å². The van der Waals surface area contributed by atoms with Gasteiger partial charge in [0.05, 0.1) is 6.67 Å². The van der Waals surface area contributed by atoms with E-state index in [-0.39, 0.29) is 0 Å². The second kappa shape index (κ2) is 8.09. The fourth-order valence-electron chi connectivity index (χ4n) is 3.80. The zero-order valence-corrected chi connectivity index (χ0v) is 17.0. The minimum Gasteiger partial charge on any atom is -0.300 e. The number of nitrogens with zero attached hydrogens (tertiary/aromatic N) is 5. The lowest BCUT2D eigenvalue weighted by atomic mass is 10.1. The van der Waals surface area contributed by atoms with Gasteiger partial charge in [-0.1, -0.05) is 30.3 Å². The average Bonchev–Trinajstić information content (AvgIpc) is 3.47. The van der Waals surface area contributed by atoms with Crippen LogP contribution in [-0.4, -0.2) is 50.3 Å². The van der Waals surface area contributed by atoms with E-state index in [2.05, 4.69) is 52.1 Å². The summed E-state index contributed by atoms with van der Waals surface area (Å²) in [4.78, 5) is 5.01. The Morgan fingerprint density at radius 1 is 1.15 bits per heavy atom. The second-order valence-corrected chi connectivity index (χ2v) is 8.14. The number of hydrogen-bond acceptors (Lipinski definition) is 4. The number of benzene rings is 1. The minimum atomic E-state index is 0.596. The maximum Gasteiger partial charge on any atom is 0.199 e. The zero-order valence-electron chi connectivity index (χ0n) is 16.2. The average molecular weight is 384 g/mol. The van der Waals surface area contributed by atoms with Crippen LogP contribution in [0.5, 0.6) is 0 Å². The molecule has 1 aliphatic heterocycles. The fourth-order valence-corrected chi connectivity index (χ4v) is 4.07. The van der Waals surface area contributed by atoms with Crippen molar-refractivity contribution in [2.24, 2.45) is 0 Å². The summed E-state index contributed by atoms with van der Waals surface area (Å²) >= 11 is 5.70. The van der Waals surface area contributed by atoms with Crippen LogP contribution in [0.25, 0.3) is 0 Å². The molecule has 4 rings (SSSR count). The summed E-state index contributed by atoms with van der Waals surface area (Å²) < 4.78 is 5.01. The van der Waals surface area contributed by atoms with Gasteiger partial charge in [0.2, 0.25) is 0 Å². The van der Waals surface area contributed by atoms with Gasteiger partial charge in [0, 0.05) is 45.2 Å². The summed E-state index contributed by atoms with van der Waals surface area (Å²) in [7, 11) is 0. The molecular weight excluding hydrogens is 354 g/mol. The monoisotopic (exact) mass is 383 g/mol. The van der Waals surface area contributed by atoms with E-state index >= 15 is 0 Å². The quantitative estimate of drug-likeness (QED) is 0.540. The molecule has 1 aromatic carbocycles. The molecule has 6 heteroatoms. The fraction of sp³-hybridized carbons (Fsp3) is 0.524. The van der Waals surface area contributed by atoms with E-state index < -0.39 is 0 Å². The van der Waals surface area contributed by atoms with Gasteiger partial charge in [-0.3, -0.25) is 14.4 Å². The maximum absolute atomic E-state index is 5.70. The zero-order chi connectivity index (χ0) is 18.8. The molecule has 144 valence electrons. The summed E-state index contributed by atoms with van der Waals surface area (Å²) in [6.07, 6.45) is 4.39. The second-order valence-electron chi connectivity index (χ2n) is 7.78. The lowest BCUT2D eigenvalue weighted by Gasteiger charge is -2.34. The van der Waals surface area contributed by atoms with Crippen LogP contribution in [0.3, 0.4) is 0 Å². The van der Waals surface area contributed by atoms with E-state index in [9.17, 15) is 0 Å². The maximum atomic E-state index is 5.70. The molecule has 0 radical (unpaired) electrons. The van der Waals surface area contributed by atoms with Crippen LogP contribution in [0.4, 0.5) is 0 Å². The third-order valence-electron chi connectivity index (χ3n) is 5.66. The van der Waals surface area contributed by atoms with Gasteiger partial charge in [-0.2, -0.15) is 5.10 Å². The van der Waals surface area contributed by atoms with Crippen molar-refractivity contribution in [1.29, 1.82) is 0 Å². The van der Waals surface area contributed by atoms with Crippen LogP contribution in [0.1, 0.15) is 35.7 Å². The van der Waals surface area contributed by atoms with Crippen LogP contribution in [-0.2, 0) is 19.8 Å². The molecule has 0 spiro atoms. The third-order valence-corrected chi connectivity index (χ3v) is 6.09. The molecule has 2 heterocycles. The van der Waals surface area contributed by atoms with Crippen molar-refractivity contribution >= 4 is 12.2 Å². The molecule has 1 saturated heterocycles. The summed E-state index contributed by atoms with van der Waals surface area (Å²) in [5, 5.41) is 4.86. The highest BCUT2D eigenvalue weighted by molar-refractivity contribution is 7.71. The van der Waals surface area contributed by atoms with Crippen molar-refractivity contribution in [3.8, 4) is 0 Å². The number of piperazine rings is 1. The van der Waals surface area contributed by atoms with E-state index in [1.807, 2.05) is 10.8 Å². The van der Waals surface area contributed by atoms with Crippen molar-refractivity contribution in [3.05, 3.63) is 58.6 Å². The third kappa shape index (κ3) is 4.23. The van der Waals surface area contributed by atoms with Gasteiger partial charge in [0.1, 0.15) is 5.82 Å². The first kappa shape index (κ1) is 18.6. The molecule has 5 nitrogen and oxygen atoms in total. The van der Waals surface area contributed by atoms with E-state index in [4.69, 9.17) is 17.3 Å². The molecule has 1 saturated carbocycles. The van der Waals surface area contributed by atoms with E-state index in [1.165, 1.54) is 24.0 Å². The molecule has 1 aliphatic carbocycles. The van der Waals surface area contributed by atoms with Crippen molar-refractivity contribution in [2.75, 3.05) is 26.2 Å². The summed E-state index contributed by atoms with van der Waals surface area (Å²) in [5.74, 6) is 1.75. The Hall–Kier alpha value is -1.76. The number of aryl methyl sites for hydroxylation is 1. The summed E-state index contributed by atoms with van der Waals surface area (Å²) in [6, 6.07) is 8.69. The number of allylic oxidation sites excluding steroid dienone is 1. The highest BCUT2D eigenvalue weighted by Gasteiger charge is 2.30. The Balaban J connectivity index is 1.37. The van der Waals surface area contributed by atoms with Gasteiger partial charge < -0.3 is 0 Å². The predicted molar refractivity (Wildman–Crippen MR) is 111 cm³/mol. The highest BCUT2D eigenvalue weighted by atomic mass is 32.1. The lowest BCUT2D eigenvalue weighted by molar-refractivity contribution is 0.0978. The van der Waals surface area contributed by atoms with Crippen LogP contribution in [0, 0.1) is 11.7 Å². The molecule has 0 atom stereocenters. The Morgan fingerprint density at radius 3 is 2.52 bits per heavy atom. The molecule has 1 aromatic heterocycles. The largest absolute Gasteiger partial charge is 0.300 e. The van der Waals surface area contributed by atoms with Gasteiger partial charge >= 0.3 is 0 Å². The molecule has 27 heavy (non-hydrogen) atoms. The molecule has 2 aliphatic rings. The van der Waals surface area contributed by atoms with Gasteiger partial charge in [-0.05, 0) is 43.1 Å². The van der Waals surface area contributed by atoms with Crippen molar-refractivity contribution in [1.82, 2.24) is 24.1 Å². The van der Waals surface area contributed by atoms with E-state index in [1.54, 1.807) is 0 Å². The molecule has 0 bridgehead atoms. The van der Waals surface area contributed by atoms with Crippen LogP contribution >= 0.6 is 12.2 Å². The molecule has 2 aromatic rings. The predicted octanol–water partition coefficient (Wildman–Crippen LogP) is 3.56. The molecule has 0 amide bonds. The van der Waals surface area contributed by atoms with Gasteiger partial charge in [0.25, 0.3) is 0 Å². The number of hydrogen-bond donors (Lipinski definition) is 0. The number of rotatable bonds is 7. The van der Waals surface area contributed by atoms with Gasteiger partial charge in [-0.15, -0.1) is 6.58 Å². The normalized spacial score (nSPS) is 18.7. The topological polar surface area (TPSA) is 29.2 Å². The van der Waals surface area contributed by atoms with E-state index in [0.29, 0.717) is 5.92 Å². The van der Waals surface area contributed by atoms with Crippen molar-refractivity contribution in [3.63, 3.8) is 0 Å². The smallest absolute Gasteiger partial charge is 0.199 e. The molecule has 0 N–H and O–H groups in total. The highest BCUT2D eigenvalue weighted by Crippen LogP contribution is 2.39. The molecule has 2 fully saturated rings. The van der Waals surface area contributed by atoms with E-state index in [0.717, 1.165) is 56.5 Å².